The van der Waals surface area contributed by atoms with E-state index >= 15 is 0 Å². The average molecular weight is 425 g/mol. The van der Waals surface area contributed by atoms with Gasteiger partial charge in [0, 0.05) is 10.3 Å². The van der Waals surface area contributed by atoms with Gasteiger partial charge in [0.25, 0.3) is 0 Å². The number of amides is 2. The van der Waals surface area contributed by atoms with Crippen molar-refractivity contribution in [1.82, 2.24) is 10.2 Å². The maximum atomic E-state index is 13.0. The first-order chi connectivity index (χ1) is 13.2. The van der Waals surface area contributed by atoms with Crippen molar-refractivity contribution in [2.24, 2.45) is 11.1 Å². The summed E-state index contributed by atoms with van der Waals surface area (Å²) in [7, 11) is 0. The van der Waals surface area contributed by atoms with E-state index in [9.17, 15) is 19.5 Å². The van der Waals surface area contributed by atoms with E-state index in [-0.39, 0.29) is 35.5 Å². The minimum Gasteiger partial charge on any atom is -0.548 e. The first-order valence-electron chi connectivity index (χ1n) is 9.02. The van der Waals surface area contributed by atoms with Gasteiger partial charge in [0.15, 0.2) is 0 Å². The molecule has 0 aromatic heterocycles. The second-order valence-corrected chi connectivity index (χ2v) is 9.47. The van der Waals surface area contributed by atoms with Crippen LogP contribution in [0.2, 0.25) is 0 Å². The third kappa shape index (κ3) is 3.58. The van der Waals surface area contributed by atoms with Crippen molar-refractivity contribution in [2.45, 2.75) is 49.1 Å². The summed E-state index contributed by atoms with van der Waals surface area (Å²) >= 11 is 1.36. The molecule has 0 aliphatic carbocycles. The number of carbonyl (C=O) groups is 3. The molecule has 2 saturated heterocycles. The Balaban J connectivity index is 0.00000240. The minimum absolute atomic E-state index is 0. The van der Waals surface area contributed by atoms with Crippen molar-refractivity contribution in [3.8, 4) is 0 Å². The van der Waals surface area contributed by atoms with Gasteiger partial charge in [-0.3, -0.25) is 9.59 Å². The maximum Gasteiger partial charge on any atom is 1.00 e. The van der Waals surface area contributed by atoms with Crippen LogP contribution in [0.25, 0.3) is 0 Å². The molecule has 148 valence electrons. The molecule has 3 aliphatic rings. The van der Waals surface area contributed by atoms with Crippen molar-refractivity contribution >= 4 is 35.3 Å². The quantitative estimate of drug-likeness (QED) is 0.400. The van der Waals surface area contributed by atoms with E-state index in [0.717, 1.165) is 5.56 Å². The molecule has 3 unspecified atom stereocenters. The van der Waals surface area contributed by atoms with E-state index < -0.39 is 46.1 Å². The molecule has 1 aromatic carbocycles. The number of benzene rings is 1. The van der Waals surface area contributed by atoms with Gasteiger partial charge in [0.2, 0.25) is 11.8 Å². The van der Waals surface area contributed by atoms with Crippen LogP contribution in [0.5, 0.6) is 0 Å². The van der Waals surface area contributed by atoms with Crippen molar-refractivity contribution in [2.75, 3.05) is 0 Å². The van der Waals surface area contributed by atoms with Crippen LogP contribution in [0.3, 0.4) is 0 Å². The fourth-order valence-corrected chi connectivity index (χ4v) is 5.65. The molecule has 4 rings (SSSR count). The van der Waals surface area contributed by atoms with Gasteiger partial charge >= 0.3 is 29.6 Å². The van der Waals surface area contributed by atoms with Gasteiger partial charge in [-0.1, -0.05) is 35.5 Å². The number of carbonyl (C=O) groups excluding carboxylic acids is 3. The molecule has 0 spiro atoms. The van der Waals surface area contributed by atoms with Gasteiger partial charge in [0.05, 0.1) is 12.0 Å². The Bertz CT molecular complexity index is 878. The Kier molecular flexibility index (Phi) is 6.06. The molecule has 2 amide bonds. The molecule has 3 heterocycles. The van der Waals surface area contributed by atoms with E-state index in [1.54, 1.807) is 20.8 Å². The van der Waals surface area contributed by atoms with Crippen molar-refractivity contribution in [3.63, 3.8) is 0 Å². The summed E-state index contributed by atoms with van der Waals surface area (Å²) in [6.45, 7) is 5.27. The number of hydrogen-bond acceptors (Lipinski definition) is 7. The van der Waals surface area contributed by atoms with Crippen LogP contribution >= 0.6 is 11.8 Å². The van der Waals surface area contributed by atoms with Gasteiger partial charge in [-0.2, -0.15) is 0 Å². The van der Waals surface area contributed by atoms with Gasteiger partial charge in [-0.15, -0.1) is 11.8 Å². The fraction of sp³-hybridized carbons (Fsp3) is 0.474. The van der Waals surface area contributed by atoms with E-state index in [1.165, 1.54) is 16.7 Å². The third-order valence-corrected chi connectivity index (χ3v) is 6.97. The van der Waals surface area contributed by atoms with E-state index in [1.807, 2.05) is 30.3 Å². The summed E-state index contributed by atoms with van der Waals surface area (Å²) < 4.78 is -0.695. The van der Waals surface area contributed by atoms with Crippen LogP contribution in [0.1, 0.15) is 26.3 Å². The number of nitrogens with one attached hydrogen (secondary N) is 1. The minimum atomic E-state index is -1.28. The van der Waals surface area contributed by atoms with E-state index in [0.29, 0.717) is 5.71 Å². The number of aliphatic carboxylic acids is 1. The van der Waals surface area contributed by atoms with E-state index in [2.05, 4.69) is 10.5 Å². The topological polar surface area (TPSA) is 111 Å². The number of hydrogen-bond donors (Lipinski definition) is 1. The molecule has 3 aliphatic heterocycles. The molecule has 0 saturated carbocycles. The Morgan fingerprint density at radius 1 is 1.28 bits per heavy atom. The monoisotopic (exact) mass is 425 g/mol. The first-order valence-corrected chi connectivity index (χ1v) is 9.90. The van der Waals surface area contributed by atoms with Gasteiger partial charge in [-0.25, -0.2) is 0 Å². The normalized spacial score (nSPS) is 31.7. The second kappa shape index (κ2) is 7.94. The second-order valence-electron chi connectivity index (χ2n) is 7.70. The summed E-state index contributed by atoms with van der Waals surface area (Å²) in [5.41, 5.74) is 1.29. The molecule has 5 atom stereocenters. The Labute approximate surface area is 194 Å². The van der Waals surface area contributed by atoms with Gasteiger partial charge in [0.1, 0.15) is 29.1 Å². The fourth-order valence-electron chi connectivity index (χ4n) is 4.03. The summed E-state index contributed by atoms with van der Waals surface area (Å²) in [6, 6.07) is 7.46. The predicted molar refractivity (Wildman–Crippen MR) is 100 cm³/mol. The molecular formula is C19H20N3NaO5S. The van der Waals surface area contributed by atoms with Crippen molar-refractivity contribution in [1.29, 1.82) is 0 Å². The zero-order valence-electron chi connectivity index (χ0n) is 16.6. The molecule has 10 heteroatoms. The number of β-lactam (4-membered cyclic amide) rings is 1. The zero-order chi connectivity index (χ0) is 20.2. The third-order valence-electron chi connectivity index (χ3n) is 5.40. The predicted octanol–water partition coefficient (Wildman–Crippen LogP) is -3.27. The van der Waals surface area contributed by atoms with Crippen molar-refractivity contribution < 1.29 is 53.9 Å². The average Bonchev–Trinajstić information content (AvgIpc) is 3.15. The zero-order valence-corrected chi connectivity index (χ0v) is 19.4. The van der Waals surface area contributed by atoms with Crippen molar-refractivity contribution in [3.05, 3.63) is 35.9 Å². The smallest absolute Gasteiger partial charge is 0.548 e. The number of carboxylic acid groups (broad SMARTS) is 1. The van der Waals surface area contributed by atoms with Gasteiger partial charge < -0.3 is 25.0 Å². The van der Waals surface area contributed by atoms with Crippen LogP contribution in [0.15, 0.2) is 35.5 Å². The largest absolute Gasteiger partial charge is 1.00 e. The number of rotatable bonds is 4. The van der Waals surface area contributed by atoms with Crippen LogP contribution in [-0.2, 0) is 19.2 Å². The summed E-state index contributed by atoms with van der Waals surface area (Å²) in [5, 5.41) is 17.9. The molecule has 1 aromatic rings. The molecule has 29 heavy (non-hydrogen) atoms. The molecule has 0 radical (unpaired) electrons. The Morgan fingerprint density at radius 3 is 2.55 bits per heavy atom. The molecule has 2 fully saturated rings. The molecule has 1 N–H and O–H groups in total. The SMILES string of the molecule is CC1ON=C(c2ccccc2)C1C(=O)NC1C(=O)N2[C@@H]1SC(C)(C)[C@@H]2C(=O)[O-].[Na+]. The van der Waals surface area contributed by atoms with Crippen LogP contribution in [-0.4, -0.2) is 56.7 Å². The van der Waals surface area contributed by atoms with Gasteiger partial charge in [-0.05, 0) is 20.8 Å². The standard InChI is InChI=1S/C19H21N3O5S.Na/c1-9-11(12(21-27-9)10-7-5-4-6-8-10)15(23)20-13-16(24)22-14(18(25)26)19(2,3)28-17(13)22;/h4-9,11,13-14,17H,1-3H3,(H,20,23)(H,25,26);/q;+1/p-1/t9?,11?,13?,14-,17+;/m0./s1. The Hall–Kier alpha value is -1.55. The van der Waals surface area contributed by atoms with Crippen LogP contribution < -0.4 is 40.0 Å². The number of fused-ring (bicyclic) bond motifs is 1. The number of oxime groups is 1. The maximum absolute atomic E-state index is 13.0. The molecular weight excluding hydrogens is 405 g/mol. The molecule has 0 bridgehead atoms. The molecule has 8 nitrogen and oxygen atoms in total. The van der Waals surface area contributed by atoms with Crippen LogP contribution in [0.4, 0.5) is 0 Å². The summed E-state index contributed by atoms with van der Waals surface area (Å²) in [4.78, 5) is 43.7. The number of nitrogens with zero attached hydrogens (tertiary/aromatic N) is 2. The van der Waals surface area contributed by atoms with Crippen LogP contribution in [0, 0.1) is 5.92 Å². The number of carboxylic acids is 1. The summed E-state index contributed by atoms with van der Waals surface area (Å²) in [6.07, 6.45) is -0.467. The number of thioether (sulfide) groups is 1. The Morgan fingerprint density at radius 2 is 1.93 bits per heavy atom. The first kappa shape index (κ1) is 22.1. The van der Waals surface area contributed by atoms with E-state index in [4.69, 9.17) is 4.84 Å². The summed E-state index contributed by atoms with van der Waals surface area (Å²) in [5.74, 6) is -2.70.